The van der Waals surface area contributed by atoms with E-state index in [2.05, 4.69) is 10.3 Å². The van der Waals surface area contributed by atoms with Crippen molar-refractivity contribution in [2.24, 2.45) is 0 Å². The number of rotatable bonds is 2. The maximum absolute atomic E-state index is 11.5. The zero-order valence-electron chi connectivity index (χ0n) is 9.85. The Balaban J connectivity index is 2.28. The fourth-order valence-electron chi connectivity index (χ4n) is 1.29. The third-order valence-corrected chi connectivity index (χ3v) is 3.17. The van der Waals surface area contributed by atoms with Gasteiger partial charge in [-0.05, 0) is 12.1 Å². The Kier molecular flexibility index (Phi) is 3.14. The number of hydrogen-bond acceptors (Lipinski definition) is 4. The molecule has 2 aromatic rings. The number of ether oxygens (including phenoxy) is 1. The molecule has 0 radical (unpaired) electrons. The molecule has 2 amide bonds. The molecule has 0 spiro atoms. The summed E-state index contributed by atoms with van der Waals surface area (Å²) in [5.41, 5.74) is 0.823. The molecule has 6 heteroatoms. The van der Waals surface area contributed by atoms with Crippen molar-refractivity contribution in [1.29, 1.82) is 0 Å². The van der Waals surface area contributed by atoms with E-state index in [1.165, 1.54) is 16.2 Å². The van der Waals surface area contributed by atoms with E-state index in [1.54, 1.807) is 21.2 Å². The molecule has 1 heterocycles. The first-order chi connectivity index (χ1) is 8.10. The van der Waals surface area contributed by atoms with Crippen LogP contribution in [-0.4, -0.2) is 37.1 Å². The summed E-state index contributed by atoms with van der Waals surface area (Å²) in [5, 5.41) is 3.31. The van der Waals surface area contributed by atoms with E-state index in [1.807, 2.05) is 18.2 Å². The van der Waals surface area contributed by atoms with Gasteiger partial charge < -0.3 is 9.64 Å². The predicted molar refractivity (Wildman–Crippen MR) is 68.9 cm³/mol. The summed E-state index contributed by atoms with van der Waals surface area (Å²) in [6, 6.07) is 5.46. The fourth-order valence-corrected chi connectivity index (χ4v) is 2.13. The van der Waals surface area contributed by atoms with E-state index in [9.17, 15) is 4.79 Å². The number of urea groups is 1. The molecular weight excluding hydrogens is 238 g/mol. The van der Waals surface area contributed by atoms with Crippen LogP contribution in [-0.2, 0) is 0 Å². The molecule has 5 nitrogen and oxygen atoms in total. The van der Waals surface area contributed by atoms with Crippen LogP contribution in [0.3, 0.4) is 0 Å². The molecule has 17 heavy (non-hydrogen) atoms. The van der Waals surface area contributed by atoms with E-state index in [0.29, 0.717) is 5.13 Å². The Labute approximate surface area is 103 Å². The molecule has 0 unspecified atom stereocenters. The summed E-state index contributed by atoms with van der Waals surface area (Å²) < 4.78 is 6.13. The Morgan fingerprint density at radius 1 is 1.47 bits per heavy atom. The second-order valence-electron chi connectivity index (χ2n) is 3.68. The normalized spacial score (nSPS) is 10.3. The molecule has 1 aromatic heterocycles. The number of hydrogen-bond donors (Lipinski definition) is 1. The predicted octanol–water partition coefficient (Wildman–Crippen LogP) is 2.40. The highest BCUT2D eigenvalue weighted by atomic mass is 32.1. The van der Waals surface area contributed by atoms with Crippen LogP contribution in [0.1, 0.15) is 0 Å². The van der Waals surface area contributed by atoms with Crippen LogP contribution in [0.15, 0.2) is 18.2 Å². The van der Waals surface area contributed by atoms with Crippen LogP contribution < -0.4 is 10.1 Å². The average Bonchev–Trinajstić information content (AvgIpc) is 2.69. The molecule has 0 atom stereocenters. The van der Waals surface area contributed by atoms with E-state index in [4.69, 9.17) is 4.74 Å². The molecule has 2 rings (SSSR count). The first-order valence-electron chi connectivity index (χ1n) is 5.03. The Bertz CT molecular complexity index is 551. The summed E-state index contributed by atoms with van der Waals surface area (Å²) in [4.78, 5) is 17.3. The number of methoxy groups -OCH3 is 1. The highest BCUT2D eigenvalue weighted by molar-refractivity contribution is 7.22. The fraction of sp³-hybridized carbons (Fsp3) is 0.273. The highest BCUT2D eigenvalue weighted by Crippen LogP contribution is 2.28. The number of anilines is 1. The van der Waals surface area contributed by atoms with Gasteiger partial charge >= 0.3 is 6.03 Å². The molecule has 0 aliphatic heterocycles. The summed E-state index contributed by atoms with van der Waals surface area (Å²) in [7, 11) is 4.99. The lowest BCUT2D eigenvalue weighted by Crippen LogP contribution is -2.27. The lowest BCUT2D eigenvalue weighted by Gasteiger charge is -2.08. The third-order valence-electron chi connectivity index (χ3n) is 2.21. The smallest absolute Gasteiger partial charge is 0.323 e. The summed E-state index contributed by atoms with van der Waals surface area (Å²) in [6.07, 6.45) is 0. The molecule has 1 aromatic carbocycles. The number of fused-ring (bicyclic) bond motifs is 1. The lowest BCUT2D eigenvalue weighted by molar-refractivity contribution is 0.230. The van der Waals surface area contributed by atoms with E-state index < -0.39 is 0 Å². The Morgan fingerprint density at radius 2 is 2.24 bits per heavy atom. The van der Waals surface area contributed by atoms with Crippen LogP contribution in [0.5, 0.6) is 5.75 Å². The second-order valence-corrected chi connectivity index (χ2v) is 4.71. The van der Waals surface area contributed by atoms with Crippen molar-refractivity contribution in [1.82, 2.24) is 9.88 Å². The molecule has 90 valence electrons. The van der Waals surface area contributed by atoms with Gasteiger partial charge in [0.1, 0.15) is 5.75 Å². The molecule has 0 aliphatic carbocycles. The summed E-state index contributed by atoms with van der Waals surface area (Å²) in [6.45, 7) is 0. The number of nitrogens with zero attached hydrogens (tertiary/aromatic N) is 2. The number of thiazole rings is 1. The lowest BCUT2D eigenvalue weighted by atomic mass is 10.3. The summed E-state index contributed by atoms with van der Waals surface area (Å²) in [5.74, 6) is 0.758. The van der Waals surface area contributed by atoms with Gasteiger partial charge in [-0.1, -0.05) is 11.3 Å². The number of carbonyl (C=O) groups is 1. The minimum atomic E-state index is -0.184. The third kappa shape index (κ3) is 2.47. The van der Waals surface area contributed by atoms with Crippen LogP contribution in [0.2, 0.25) is 0 Å². The molecule has 0 saturated heterocycles. The highest BCUT2D eigenvalue weighted by Gasteiger charge is 2.09. The van der Waals surface area contributed by atoms with E-state index in [0.717, 1.165) is 16.0 Å². The van der Waals surface area contributed by atoms with Gasteiger partial charge in [0.2, 0.25) is 0 Å². The standard InChI is InChI=1S/C11H13N3O2S/c1-14(2)11(15)13-10-12-8-6-7(16-3)4-5-9(8)17-10/h4-6H,1-3H3,(H,12,13,15). The number of benzene rings is 1. The minimum Gasteiger partial charge on any atom is -0.497 e. The van der Waals surface area contributed by atoms with Crippen molar-refractivity contribution in [3.63, 3.8) is 0 Å². The van der Waals surface area contributed by atoms with Crippen molar-refractivity contribution in [3.8, 4) is 5.75 Å². The molecule has 1 N–H and O–H groups in total. The zero-order chi connectivity index (χ0) is 12.4. The van der Waals surface area contributed by atoms with Crippen molar-refractivity contribution in [2.45, 2.75) is 0 Å². The van der Waals surface area contributed by atoms with Gasteiger partial charge in [-0.25, -0.2) is 9.78 Å². The van der Waals surface area contributed by atoms with Crippen LogP contribution in [0.4, 0.5) is 9.93 Å². The second kappa shape index (κ2) is 4.58. The monoisotopic (exact) mass is 251 g/mol. The van der Waals surface area contributed by atoms with Gasteiger partial charge in [-0.3, -0.25) is 5.32 Å². The summed E-state index contributed by atoms with van der Waals surface area (Å²) >= 11 is 1.44. The van der Waals surface area contributed by atoms with E-state index in [-0.39, 0.29) is 6.03 Å². The molecular formula is C11H13N3O2S. The Hall–Kier alpha value is -1.82. The van der Waals surface area contributed by atoms with Crippen molar-refractivity contribution >= 4 is 32.7 Å². The quantitative estimate of drug-likeness (QED) is 0.891. The maximum Gasteiger partial charge on any atom is 0.323 e. The first kappa shape index (κ1) is 11.7. The number of nitrogens with one attached hydrogen (secondary N) is 1. The number of amides is 2. The van der Waals surface area contributed by atoms with E-state index >= 15 is 0 Å². The van der Waals surface area contributed by atoms with Gasteiger partial charge in [-0.15, -0.1) is 0 Å². The van der Waals surface area contributed by atoms with Crippen LogP contribution >= 0.6 is 11.3 Å². The Morgan fingerprint density at radius 3 is 2.88 bits per heavy atom. The SMILES string of the molecule is COc1ccc2sc(NC(=O)N(C)C)nc2c1. The van der Waals surface area contributed by atoms with Crippen molar-refractivity contribution in [3.05, 3.63) is 18.2 Å². The van der Waals surface area contributed by atoms with Gasteiger partial charge in [0.25, 0.3) is 0 Å². The number of carbonyl (C=O) groups excluding carboxylic acids is 1. The van der Waals surface area contributed by atoms with Gasteiger partial charge in [0, 0.05) is 20.2 Å². The van der Waals surface area contributed by atoms with Crippen molar-refractivity contribution in [2.75, 3.05) is 26.5 Å². The largest absolute Gasteiger partial charge is 0.497 e. The molecule has 0 aliphatic rings. The maximum atomic E-state index is 11.5. The van der Waals surface area contributed by atoms with Gasteiger partial charge in [0.05, 0.1) is 17.3 Å². The number of aromatic nitrogens is 1. The average molecular weight is 251 g/mol. The zero-order valence-corrected chi connectivity index (χ0v) is 10.7. The minimum absolute atomic E-state index is 0.184. The van der Waals surface area contributed by atoms with Crippen LogP contribution in [0, 0.1) is 0 Å². The topological polar surface area (TPSA) is 54.5 Å². The van der Waals surface area contributed by atoms with Crippen molar-refractivity contribution < 1.29 is 9.53 Å². The first-order valence-corrected chi connectivity index (χ1v) is 5.84. The molecule has 0 saturated carbocycles. The van der Waals surface area contributed by atoms with Gasteiger partial charge in [-0.2, -0.15) is 0 Å². The molecule has 0 bridgehead atoms. The molecule has 0 fully saturated rings. The van der Waals surface area contributed by atoms with Gasteiger partial charge in [0.15, 0.2) is 5.13 Å². The van der Waals surface area contributed by atoms with Crippen LogP contribution in [0.25, 0.3) is 10.2 Å².